The number of rotatable bonds is 5. The van der Waals surface area contributed by atoms with E-state index >= 15 is 0 Å². The van der Waals surface area contributed by atoms with Crippen LogP contribution in [0.15, 0.2) is 58.6 Å². The van der Waals surface area contributed by atoms with Gasteiger partial charge in [0.25, 0.3) is 0 Å². The number of hydrogen-bond acceptors (Lipinski definition) is 5. The molecule has 0 saturated carbocycles. The van der Waals surface area contributed by atoms with E-state index in [-0.39, 0.29) is 9.79 Å². The van der Waals surface area contributed by atoms with Crippen LogP contribution in [0.3, 0.4) is 0 Å². The summed E-state index contributed by atoms with van der Waals surface area (Å²) in [4.78, 5) is 4.03. The highest BCUT2D eigenvalue weighted by molar-refractivity contribution is 7.90. The molecule has 1 N–H and O–H groups in total. The standard InChI is InChI=1S/C14H16N2O4S2/c1-11(12-4-3-9-15-10-12)16-22(19,20)14-7-5-13(6-8-14)21(2,17)18/h3-11,16H,1-2H3/t11-/m0/s1. The van der Waals surface area contributed by atoms with E-state index in [1.165, 1.54) is 24.3 Å². The van der Waals surface area contributed by atoms with Crippen LogP contribution in [0.5, 0.6) is 0 Å². The van der Waals surface area contributed by atoms with Crippen LogP contribution < -0.4 is 4.72 Å². The van der Waals surface area contributed by atoms with Gasteiger partial charge in [0, 0.05) is 24.7 Å². The fraction of sp³-hybridized carbons (Fsp3) is 0.214. The summed E-state index contributed by atoms with van der Waals surface area (Å²) < 4.78 is 49.9. The number of pyridine rings is 1. The van der Waals surface area contributed by atoms with Gasteiger partial charge in [-0.1, -0.05) is 6.07 Å². The molecule has 1 heterocycles. The van der Waals surface area contributed by atoms with E-state index in [0.29, 0.717) is 0 Å². The lowest BCUT2D eigenvalue weighted by Gasteiger charge is -2.14. The molecule has 1 aromatic carbocycles. The van der Waals surface area contributed by atoms with Crippen molar-refractivity contribution in [2.75, 3.05) is 6.26 Å². The molecule has 0 aliphatic heterocycles. The molecule has 6 nitrogen and oxygen atoms in total. The fourth-order valence-corrected chi connectivity index (χ4v) is 3.73. The molecule has 22 heavy (non-hydrogen) atoms. The van der Waals surface area contributed by atoms with Crippen LogP contribution in [0.4, 0.5) is 0 Å². The van der Waals surface area contributed by atoms with Crippen LogP contribution >= 0.6 is 0 Å². The Hall–Kier alpha value is -1.77. The van der Waals surface area contributed by atoms with E-state index in [2.05, 4.69) is 9.71 Å². The third kappa shape index (κ3) is 3.90. The van der Waals surface area contributed by atoms with Crippen LogP contribution in [0.25, 0.3) is 0 Å². The first-order valence-electron chi connectivity index (χ1n) is 6.42. The van der Waals surface area contributed by atoms with Crippen molar-refractivity contribution in [1.82, 2.24) is 9.71 Å². The minimum atomic E-state index is -3.74. The molecule has 0 fully saturated rings. The molecule has 0 unspecified atom stereocenters. The van der Waals surface area contributed by atoms with Crippen LogP contribution in [0.1, 0.15) is 18.5 Å². The van der Waals surface area contributed by atoms with Crippen LogP contribution in [-0.4, -0.2) is 28.1 Å². The molecule has 0 radical (unpaired) electrons. The zero-order chi connectivity index (χ0) is 16.4. The van der Waals surface area contributed by atoms with E-state index in [4.69, 9.17) is 0 Å². The highest BCUT2D eigenvalue weighted by Crippen LogP contribution is 2.18. The lowest BCUT2D eigenvalue weighted by molar-refractivity contribution is 0.566. The molecular formula is C14H16N2O4S2. The monoisotopic (exact) mass is 340 g/mol. The van der Waals surface area contributed by atoms with Gasteiger partial charge < -0.3 is 0 Å². The second-order valence-electron chi connectivity index (χ2n) is 4.87. The van der Waals surface area contributed by atoms with Gasteiger partial charge in [-0.15, -0.1) is 0 Å². The van der Waals surface area contributed by atoms with Crippen molar-refractivity contribution in [3.05, 3.63) is 54.4 Å². The number of aromatic nitrogens is 1. The highest BCUT2D eigenvalue weighted by atomic mass is 32.2. The number of benzene rings is 1. The molecule has 1 atom stereocenters. The molecule has 8 heteroatoms. The fourth-order valence-electron chi connectivity index (χ4n) is 1.87. The van der Waals surface area contributed by atoms with Crippen molar-refractivity contribution in [3.63, 3.8) is 0 Å². The van der Waals surface area contributed by atoms with Gasteiger partial charge in [-0.3, -0.25) is 4.98 Å². The summed E-state index contributed by atoms with van der Waals surface area (Å²) in [7, 11) is -7.10. The van der Waals surface area contributed by atoms with Crippen LogP contribution in [0, 0.1) is 0 Å². The van der Waals surface area contributed by atoms with Gasteiger partial charge in [-0.25, -0.2) is 21.6 Å². The highest BCUT2D eigenvalue weighted by Gasteiger charge is 2.19. The topological polar surface area (TPSA) is 93.2 Å². The summed E-state index contributed by atoms with van der Waals surface area (Å²) >= 11 is 0. The SMILES string of the molecule is C[C@H](NS(=O)(=O)c1ccc(S(C)(=O)=O)cc1)c1cccnc1. The van der Waals surface area contributed by atoms with Crippen LogP contribution in [-0.2, 0) is 19.9 Å². The summed E-state index contributed by atoms with van der Waals surface area (Å²) in [6.07, 6.45) is 4.26. The second kappa shape index (κ2) is 6.15. The normalized spacial score (nSPS) is 13.7. The zero-order valence-electron chi connectivity index (χ0n) is 12.1. The van der Waals surface area contributed by atoms with E-state index in [1.807, 2.05) is 0 Å². The lowest BCUT2D eigenvalue weighted by atomic mass is 10.2. The van der Waals surface area contributed by atoms with Crippen LogP contribution in [0.2, 0.25) is 0 Å². The predicted octanol–water partition coefficient (Wildman–Crippen LogP) is 1.52. The average Bonchev–Trinajstić information content (AvgIpc) is 2.47. The van der Waals surface area contributed by atoms with Gasteiger partial charge in [0.1, 0.15) is 0 Å². The molecule has 2 aromatic rings. The summed E-state index contributed by atoms with van der Waals surface area (Å²) in [5, 5.41) is 0. The number of nitrogens with one attached hydrogen (secondary N) is 1. The van der Waals surface area contributed by atoms with E-state index < -0.39 is 25.9 Å². The van der Waals surface area contributed by atoms with Crippen molar-refractivity contribution in [3.8, 4) is 0 Å². The Kier molecular flexibility index (Phi) is 4.64. The van der Waals surface area contributed by atoms with E-state index in [1.54, 1.807) is 31.5 Å². The second-order valence-corrected chi connectivity index (χ2v) is 8.60. The quantitative estimate of drug-likeness (QED) is 0.891. The Bertz CT molecular complexity index is 845. The maximum Gasteiger partial charge on any atom is 0.241 e. The van der Waals surface area contributed by atoms with Crippen molar-refractivity contribution in [2.24, 2.45) is 0 Å². The number of hydrogen-bond donors (Lipinski definition) is 1. The first kappa shape index (κ1) is 16.6. The molecule has 0 aliphatic rings. The molecule has 0 bridgehead atoms. The molecule has 118 valence electrons. The first-order chi connectivity index (χ1) is 10.2. The molecular weight excluding hydrogens is 324 g/mol. The maximum atomic E-state index is 12.3. The average molecular weight is 340 g/mol. The Morgan fingerprint density at radius 1 is 1.00 bits per heavy atom. The number of sulfone groups is 1. The van der Waals surface area contributed by atoms with Crippen molar-refractivity contribution < 1.29 is 16.8 Å². The van der Waals surface area contributed by atoms with Gasteiger partial charge >= 0.3 is 0 Å². The van der Waals surface area contributed by atoms with E-state index in [0.717, 1.165) is 11.8 Å². The number of nitrogens with zero attached hydrogens (tertiary/aromatic N) is 1. The third-order valence-corrected chi connectivity index (χ3v) is 5.76. The summed E-state index contributed by atoms with van der Waals surface area (Å²) in [5.74, 6) is 0. The Morgan fingerprint density at radius 2 is 1.59 bits per heavy atom. The summed E-state index contributed by atoms with van der Waals surface area (Å²) in [5.41, 5.74) is 0.735. The van der Waals surface area contributed by atoms with Gasteiger partial charge in [0.2, 0.25) is 10.0 Å². The maximum absolute atomic E-state index is 12.3. The van der Waals surface area contributed by atoms with Gasteiger partial charge in [0.05, 0.1) is 9.79 Å². The Morgan fingerprint density at radius 3 is 2.09 bits per heavy atom. The first-order valence-corrected chi connectivity index (χ1v) is 9.80. The largest absolute Gasteiger partial charge is 0.264 e. The Labute approximate surface area is 130 Å². The summed E-state index contributed by atoms with van der Waals surface area (Å²) in [6, 6.07) is 8.14. The van der Waals surface area contributed by atoms with Gasteiger partial charge in [-0.2, -0.15) is 0 Å². The molecule has 0 amide bonds. The predicted molar refractivity (Wildman–Crippen MR) is 82.5 cm³/mol. The minimum absolute atomic E-state index is 0.00985. The minimum Gasteiger partial charge on any atom is -0.264 e. The third-order valence-electron chi connectivity index (χ3n) is 3.08. The lowest BCUT2D eigenvalue weighted by Crippen LogP contribution is -2.27. The van der Waals surface area contributed by atoms with Crippen molar-refractivity contribution >= 4 is 19.9 Å². The number of sulfonamides is 1. The van der Waals surface area contributed by atoms with Crippen molar-refractivity contribution in [1.29, 1.82) is 0 Å². The molecule has 0 spiro atoms. The van der Waals surface area contributed by atoms with E-state index in [9.17, 15) is 16.8 Å². The molecule has 0 aliphatic carbocycles. The summed E-state index contributed by atoms with van der Waals surface area (Å²) in [6.45, 7) is 1.71. The van der Waals surface area contributed by atoms with Crippen molar-refractivity contribution in [2.45, 2.75) is 22.8 Å². The molecule has 2 rings (SSSR count). The zero-order valence-corrected chi connectivity index (χ0v) is 13.7. The smallest absolute Gasteiger partial charge is 0.241 e. The molecule has 0 saturated heterocycles. The Balaban J connectivity index is 2.24. The molecule has 1 aromatic heterocycles. The van der Waals surface area contributed by atoms with Gasteiger partial charge in [0.15, 0.2) is 9.84 Å². The van der Waals surface area contributed by atoms with Gasteiger partial charge in [-0.05, 0) is 42.8 Å².